The molecule has 3 heteroatoms. The molecule has 1 aliphatic heterocycles. The summed E-state index contributed by atoms with van der Waals surface area (Å²) in [6, 6.07) is 0. The second-order valence-corrected chi connectivity index (χ2v) is 3.63. The first kappa shape index (κ1) is 7.95. The van der Waals surface area contributed by atoms with Gasteiger partial charge in [0.15, 0.2) is 5.78 Å². The van der Waals surface area contributed by atoms with E-state index in [1.165, 1.54) is 6.08 Å². The predicted octanol–water partition coefficient (Wildman–Crippen LogP) is 0.424. The number of allylic oxidation sites excluding steroid dienone is 1. The summed E-state index contributed by atoms with van der Waals surface area (Å²) < 4.78 is 5.42. The van der Waals surface area contributed by atoms with Crippen LogP contribution in [0.15, 0.2) is 12.2 Å². The first-order valence-corrected chi connectivity index (χ1v) is 4.20. The van der Waals surface area contributed by atoms with E-state index in [9.17, 15) is 9.90 Å². The highest BCUT2D eigenvalue weighted by Crippen LogP contribution is 2.36. The maximum Gasteiger partial charge on any atom is 0.158 e. The topological polar surface area (TPSA) is 46.5 Å². The van der Waals surface area contributed by atoms with E-state index in [1.54, 1.807) is 6.08 Å². The fourth-order valence-electron chi connectivity index (χ4n) is 1.93. The minimum atomic E-state index is -0.882. The number of ketones is 1. The largest absolute Gasteiger partial charge is 0.383 e. The van der Waals surface area contributed by atoms with Gasteiger partial charge in [0, 0.05) is 12.8 Å². The number of hydrogen-bond acceptors (Lipinski definition) is 3. The van der Waals surface area contributed by atoms with Crippen molar-refractivity contribution in [3.8, 4) is 0 Å². The van der Waals surface area contributed by atoms with Crippen molar-refractivity contribution in [1.82, 2.24) is 0 Å². The number of carbonyl (C=O) groups is 1. The van der Waals surface area contributed by atoms with Gasteiger partial charge in [-0.15, -0.1) is 0 Å². The van der Waals surface area contributed by atoms with E-state index < -0.39 is 5.60 Å². The first-order valence-electron chi connectivity index (χ1n) is 4.20. The third-order valence-electron chi connectivity index (χ3n) is 2.51. The number of hydrogen-bond donors (Lipinski definition) is 1. The summed E-state index contributed by atoms with van der Waals surface area (Å²) in [7, 11) is 0. The summed E-state index contributed by atoms with van der Waals surface area (Å²) >= 11 is 0. The molecule has 0 aromatic rings. The van der Waals surface area contributed by atoms with Crippen LogP contribution in [0.4, 0.5) is 0 Å². The third kappa shape index (κ3) is 1.09. The number of carbonyl (C=O) groups excluding carboxylic acids is 1. The lowest BCUT2D eigenvalue weighted by atomic mass is 9.86. The summed E-state index contributed by atoms with van der Waals surface area (Å²) in [6.45, 7) is 1.91. The molecule has 0 unspecified atom stereocenters. The van der Waals surface area contributed by atoms with E-state index in [4.69, 9.17) is 4.74 Å². The zero-order valence-corrected chi connectivity index (χ0v) is 6.99. The normalized spacial score (nSPS) is 46.3. The summed E-state index contributed by atoms with van der Waals surface area (Å²) in [4.78, 5) is 11.0. The van der Waals surface area contributed by atoms with Gasteiger partial charge in [-0.2, -0.15) is 0 Å². The van der Waals surface area contributed by atoms with Crippen LogP contribution >= 0.6 is 0 Å². The molecule has 1 fully saturated rings. The van der Waals surface area contributed by atoms with Gasteiger partial charge < -0.3 is 9.84 Å². The predicted molar refractivity (Wildman–Crippen MR) is 42.7 cm³/mol. The van der Waals surface area contributed by atoms with Gasteiger partial charge >= 0.3 is 0 Å². The standard InChI is InChI=1S/C9H12O3/c1-6-5-9(11)3-2-7(10)4-8(9)12-6/h2-3,6,8,11H,4-5H2,1H3/t6-,8-,9+/m0/s1. The lowest BCUT2D eigenvalue weighted by Crippen LogP contribution is -2.40. The van der Waals surface area contributed by atoms with Crippen LogP contribution in [-0.2, 0) is 9.53 Å². The van der Waals surface area contributed by atoms with E-state index in [2.05, 4.69) is 0 Å². The van der Waals surface area contributed by atoms with Crippen LogP contribution in [0, 0.1) is 0 Å². The van der Waals surface area contributed by atoms with Crippen LogP contribution < -0.4 is 0 Å². The molecular weight excluding hydrogens is 156 g/mol. The van der Waals surface area contributed by atoms with Gasteiger partial charge in [-0.1, -0.05) is 0 Å². The Balaban J connectivity index is 2.26. The van der Waals surface area contributed by atoms with Crippen molar-refractivity contribution in [3.63, 3.8) is 0 Å². The molecule has 12 heavy (non-hydrogen) atoms. The molecule has 0 saturated carbocycles. The van der Waals surface area contributed by atoms with Crippen molar-refractivity contribution in [1.29, 1.82) is 0 Å². The molecule has 3 nitrogen and oxygen atoms in total. The lowest BCUT2D eigenvalue weighted by molar-refractivity contribution is -0.121. The molecular formula is C9H12O3. The van der Waals surface area contributed by atoms with Gasteiger partial charge in [-0.05, 0) is 19.1 Å². The zero-order chi connectivity index (χ0) is 8.77. The van der Waals surface area contributed by atoms with Crippen LogP contribution in [0.25, 0.3) is 0 Å². The average Bonchev–Trinajstić information content (AvgIpc) is 2.24. The minimum Gasteiger partial charge on any atom is -0.383 e. The highest BCUT2D eigenvalue weighted by atomic mass is 16.5. The Hall–Kier alpha value is -0.670. The van der Waals surface area contributed by atoms with Crippen molar-refractivity contribution >= 4 is 5.78 Å². The summed E-state index contributed by atoms with van der Waals surface area (Å²) in [5.41, 5.74) is -0.882. The van der Waals surface area contributed by atoms with Crippen LogP contribution in [0.1, 0.15) is 19.8 Å². The van der Waals surface area contributed by atoms with E-state index in [-0.39, 0.29) is 18.0 Å². The van der Waals surface area contributed by atoms with Crippen molar-refractivity contribution in [3.05, 3.63) is 12.2 Å². The third-order valence-corrected chi connectivity index (χ3v) is 2.51. The molecule has 2 rings (SSSR count). The van der Waals surface area contributed by atoms with Crippen LogP contribution in [0.2, 0.25) is 0 Å². The van der Waals surface area contributed by atoms with Crippen molar-refractivity contribution < 1.29 is 14.6 Å². The lowest BCUT2D eigenvalue weighted by Gasteiger charge is -2.27. The Morgan fingerprint density at radius 3 is 3.25 bits per heavy atom. The van der Waals surface area contributed by atoms with Gasteiger partial charge in [0.05, 0.1) is 12.2 Å². The Labute approximate surface area is 71.0 Å². The van der Waals surface area contributed by atoms with Crippen molar-refractivity contribution in [2.75, 3.05) is 0 Å². The monoisotopic (exact) mass is 168 g/mol. The highest BCUT2D eigenvalue weighted by Gasteiger charge is 2.46. The molecule has 0 aromatic carbocycles. The molecule has 0 aromatic heterocycles. The van der Waals surface area contributed by atoms with Crippen molar-refractivity contribution in [2.45, 2.75) is 37.6 Å². The minimum absolute atomic E-state index is 0.0405. The number of fused-ring (bicyclic) bond motifs is 1. The highest BCUT2D eigenvalue weighted by molar-refractivity contribution is 5.91. The second-order valence-electron chi connectivity index (χ2n) is 3.63. The van der Waals surface area contributed by atoms with Crippen LogP contribution in [-0.4, -0.2) is 28.7 Å². The first-order chi connectivity index (χ1) is 5.60. The molecule has 0 spiro atoms. The van der Waals surface area contributed by atoms with Gasteiger partial charge in [0.2, 0.25) is 0 Å². The number of aliphatic hydroxyl groups is 1. The quantitative estimate of drug-likeness (QED) is 0.570. The van der Waals surface area contributed by atoms with Gasteiger partial charge in [0.1, 0.15) is 5.60 Å². The molecule has 3 atom stereocenters. The van der Waals surface area contributed by atoms with E-state index in [1.807, 2.05) is 6.92 Å². The Morgan fingerprint density at radius 1 is 1.75 bits per heavy atom. The molecule has 66 valence electrons. The van der Waals surface area contributed by atoms with Crippen LogP contribution in [0.3, 0.4) is 0 Å². The maximum absolute atomic E-state index is 11.0. The molecule has 1 heterocycles. The Bertz CT molecular complexity index is 246. The smallest absolute Gasteiger partial charge is 0.158 e. The summed E-state index contributed by atoms with van der Waals surface area (Å²) in [5.74, 6) is 0.0405. The van der Waals surface area contributed by atoms with Gasteiger partial charge in [-0.25, -0.2) is 0 Å². The Morgan fingerprint density at radius 2 is 2.50 bits per heavy atom. The average molecular weight is 168 g/mol. The molecule has 1 saturated heterocycles. The number of ether oxygens (including phenoxy) is 1. The van der Waals surface area contributed by atoms with Crippen molar-refractivity contribution in [2.24, 2.45) is 0 Å². The molecule has 1 aliphatic carbocycles. The molecule has 0 radical (unpaired) electrons. The van der Waals surface area contributed by atoms with E-state index >= 15 is 0 Å². The van der Waals surface area contributed by atoms with E-state index in [0.29, 0.717) is 12.8 Å². The molecule has 0 amide bonds. The maximum atomic E-state index is 11.0. The SMILES string of the molecule is C[C@H]1C[C@]2(O)C=CC(=O)C[C@@H]2O1. The zero-order valence-electron chi connectivity index (χ0n) is 6.99. The summed E-state index contributed by atoms with van der Waals surface area (Å²) in [6.07, 6.45) is 3.68. The fourth-order valence-corrected chi connectivity index (χ4v) is 1.93. The van der Waals surface area contributed by atoms with E-state index in [0.717, 1.165) is 0 Å². The summed E-state index contributed by atoms with van der Waals surface area (Å²) in [5, 5.41) is 9.94. The number of rotatable bonds is 0. The van der Waals surface area contributed by atoms with Gasteiger partial charge in [-0.3, -0.25) is 4.79 Å². The fraction of sp³-hybridized carbons (Fsp3) is 0.667. The molecule has 0 bridgehead atoms. The molecule has 1 N–H and O–H groups in total. The second kappa shape index (κ2) is 2.41. The Kier molecular flexibility index (Phi) is 1.59. The van der Waals surface area contributed by atoms with Gasteiger partial charge in [0.25, 0.3) is 0 Å². The molecule has 2 aliphatic rings. The van der Waals surface area contributed by atoms with Crippen LogP contribution in [0.5, 0.6) is 0 Å².